The summed E-state index contributed by atoms with van der Waals surface area (Å²) in [6.07, 6.45) is -0.925. The largest absolute Gasteiger partial charge is 0.417 e. The molecule has 21 heavy (non-hydrogen) atoms. The maximum Gasteiger partial charge on any atom is 0.417 e. The molecule has 114 valence electrons. The predicted molar refractivity (Wildman–Crippen MR) is 71.3 cm³/mol. The Kier molecular flexibility index (Phi) is 4.53. The van der Waals surface area contributed by atoms with Crippen LogP contribution in [0, 0.1) is 0 Å². The molecule has 2 rings (SSSR count). The molecule has 2 aromatic rings. The molecule has 4 nitrogen and oxygen atoms in total. The van der Waals surface area contributed by atoms with E-state index >= 15 is 0 Å². The van der Waals surface area contributed by atoms with Gasteiger partial charge in [-0.15, -0.1) is 0 Å². The molecular formula is C13H13ClF3N3O. The van der Waals surface area contributed by atoms with Crippen molar-refractivity contribution in [3.8, 4) is 5.82 Å². The Labute approximate surface area is 124 Å². The van der Waals surface area contributed by atoms with Gasteiger partial charge in [0.15, 0.2) is 5.82 Å². The van der Waals surface area contributed by atoms with Crippen LogP contribution >= 0.6 is 11.6 Å². The van der Waals surface area contributed by atoms with Crippen LogP contribution in [0.15, 0.2) is 18.5 Å². The van der Waals surface area contributed by atoms with E-state index in [-0.39, 0.29) is 17.4 Å². The van der Waals surface area contributed by atoms with Gasteiger partial charge in [0, 0.05) is 11.8 Å². The summed E-state index contributed by atoms with van der Waals surface area (Å²) in [7, 11) is 0. The first kappa shape index (κ1) is 15.8. The molecule has 0 fully saturated rings. The van der Waals surface area contributed by atoms with Gasteiger partial charge in [0.05, 0.1) is 29.1 Å². The van der Waals surface area contributed by atoms with Crippen LogP contribution in [0.3, 0.4) is 0 Å². The fourth-order valence-corrected chi connectivity index (χ4v) is 2.21. The van der Waals surface area contributed by atoms with Crippen LogP contribution in [0.1, 0.15) is 30.2 Å². The van der Waals surface area contributed by atoms with Crippen LogP contribution in [-0.4, -0.2) is 19.9 Å². The van der Waals surface area contributed by atoms with Crippen LogP contribution in [-0.2, 0) is 19.2 Å². The van der Waals surface area contributed by atoms with Gasteiger partial charge in [0.2, 0.25) is 0 Å². The topological polar surface area (TPSA) is 50.9 Å². The number of aliphatic hydroxyl groups excluding tert-OH is 1. The van der Waals surface area contributed by atoms with Crippen molar-refractivity contribution in [1.29, 1.82) is 0 Å². The number of rotatable bonds is 4. The van der Waals surface area contributed by atoms with E-state index in [4.69, 9.17) is 11.6 Å². The lowest BCUT2D eigenvalue weighted by atomic mass is 10.1. The van der Waals surface area contributed by atoms with E-state index in [0.717, 1.165) is 18.7 Å². The average Bonchev–Trinajstić information content (AvgIpc) is 2.81. The zero-order valence-corrected chi connectivity index (χ0v) is 11.9. The third-order valence-electron chi connectivity index (χ3n) is 2.96. The normalized spacial score (nSPS) is 11.9. The Morgan fingerprint density at radius 2 is 2.05 bits per heavy atom. The Balaban J connectivity index is 2.50. The Morgan fingerprint density at radius 1 is 1.33 bits per heavy atom. The number of aromatic nitrogens is 3. The molecule has 0 aliphatic rings. The maximum absolute atomic E-state index is 12.6. The van der Waals surface area contributed by atoms with Gasteiger partial charge in [-0.05, 0) is 12.5 Å². The molecule has 0 aromatic carbocycles. The van der Waals surface area contributed by atoms with Crippen molar-refractivity contribution >= 4 is 11.6 Å². The molecule has 0 aliphatic carbocycles. The summed E-state index contributed by atoms with van der Waals surface area (Å²) in [5, 5.41) is 13.2. The zero-order chi connectivity index (χ0) is 15.6. The monoisotopic (exact) mass is 319 g/mol. The average molecular weight is 320 g/mol. The molecular weight excluding hydrogens is 307 g/mol. The highest BCUT2D eigenvalue weighted by Gasteiger charge is 2.32. The molecule has 0 amide bonds. The van der Waals surface area contributed by atoms with Gasteiger partial charge in [-0.1, -0.05) is 24.9 Å². The highest BCUT2D eigenvalue weighted by atomic mass is 35.5. The van der Waals surface area contributed by atoms with Gasteiger partial charge in [0.25, 0.3) is 0 Å². The fraction of sp³-hybridized carbons (Fsp3) is 0.385. The van der Waals surface area contributed by atoms with Crippen LogP contribution in [0.4, 0.5) is 13.2 Å². The molecule has 2 aromatic heterocycles. The highest BCUT2D eigenvalue weighted by Crippen LogP contribution is 2.32. The lowest BCUT2D eigenvalue weighted by Gasteiger charge is -2.11. The third kappa shape index (κ3) is 3.19. The van der Waals surface area contributed by atoms with E-state index in [9.17, 15) is 18.3 Å². The van der Waals surface area contributed by atoms with Crippen molar-refractivity contribution in [3.05, 3.63) is 40.3 Å². The van der Waals surface area contributed by atoms with Crippen LogP contribution in [0.25, 0.3) is 5.82 Å². The van der Waals surface area contributed by atoms with Crippen molar-refractivity contribution in [3.63, 3.8) is 0 Å². The number of nitrogens with zero attached hydrogens (tertiary/aromatic N) is 3. The van der Waals surface area contributed by atoms with E-state index in [0.29, 0.717) is 17.7 Å². The molecule has 0 radical (unpaired) electrons. The molecule has 0 saturated heterocycles. The maximum atomic E-state index is 12.6. The van der Waals surface area contributed by atoms with Crippen molar-refractivity contribution < 1.29 is 18.3 Å². The number of pyridine rings is 1. The first-order chi connectivity index (χ1) is 9.88. The molecule has 0 bridgehead atoms. The lowest BCUT2D eigenvalue weighted by molar-refractivity contribution is -0.137. The summed E-state index contributed by atoms with van der Waals surface area (Å²) in [4.78, 5) is 3.77. The molecule has 0 saturated carbocycles. The quantitative estimate of drug-likeness (QED) is 0.940. The Morgan fingerprint density at radius 3 is 2.57 bits per heavy atom. The third-order valence-corrected chi connectivity index (χ3v) is 3.24. The predicted octanol–water partition coefficient (Wildman–Crippen LogP) is 3.38. The van der Waals surface area contributed by atoms with Gasteiger partial charge in [0.1, 0.15) is 0 Å². The van der Waals surface area contributed by atoms with Crippen molar-refractivity contribution in [2.45, 2.75) is 32.5 Å². The van der Waals surface area contributed by atoms with E-state index in [1.165, 1.54) is 10.9 Å². The molecule has 0 spiro atoms. The van der Waals surface area contributed by atoms with Gasteiger partial charge in [-0.25, -0.2) is 9.67 Å². The first-order valence-corrected chi connectivity index (χ1v) is 6.66. The fourth-order valence-electron chi connectivity index (χ4n) is 1.97. The molecule has 0 aliphatic heterocycles. The second kappa shape index (κ2) is 6.03. The van der Waals surface area contributed by atoms with E-state index in [2.05, 4.69) is 10.1 Å². The van der Waals surface area contributed by atoms with Crippen molar-refractivity contribution in [2.75, 3.05) is 0 Å². The molecule has 8 heteroatoms. The second-order valence-electron chi connectivity index (χ2n) is 4.46. The Bertz CT molecular complexity index is 640. The number of hydrogen-bond donors (Lipinski definition) is 1. The SMILES string of the molecule is CCCc1c(CO)cnn1-c1ncc(C(F)(F)F)cc1Cl. The lowest BCUT2D eigenvalue weighted by Crippen LogP contribution is -2.10. The number of halogens is 4. The highest BCUT2D eigenvalue weighted by molar-refractivity contribution is 6.32. The van der Waals surface area contributed by atoms with Gasteiger partial charge < -0.3 is 5.11 Å². The molecule has 0 unspecified atom stereocenters. The number of aliphatic hydroxyl groups is 1. The minimum absolute atomic E-state index is 0.118. The zero-order valence-electron chi connectivity index (χ0n) is 11.2. The van der Waals surface area contributed by atoms with Gasteiger partial charge in [-0.2, -0.15) is 18.3 Å². The summed E-state index contributed by atoms with van der Waals surface area (Å²) in [5.74, 6) is 0.118. The van der Waals surface area contributed by atoms with Gasteiger partial charge >= 0.3 is 6.18 Å². The van der Waals surface area contributed by atoms with Crippen molar-refractivity contribution in [1.82, 2.24) is 14.8 Å². The van der Waals surface area contributed by atoms with Gasteiger partial charge in [-0.3, -0.25) is 0 Å². The number of hydrogen-bond acceptors (Lipinski definition) is 3. The summed E-state index contributed by atoms with van der Waals surface area (Å²) in [6, 6.07) is 0.819. The van der Waals surface area contributed by atoms with E-state index < -0.39 is 11.7 Å². The molecule has 2 heterocycles. The van der Waals surface area contributed by atoms with E-state index in [1.54, 1.807) is 0 Å². The standard InChI is InChI=1S/C13H13ClF3N3O/c1-2-3-11-8(7-21)5-19-20(11)12-10(14)4-9(6-18-12)13(15,16)17/h4-6,21H,2-3,7H2,1H3. The summed E-state index contributed by atoms with van der Waals surface area (Å²) >= 11 is 5.91. The number of alkyl halides is 3. The van der Waals surface area contributed by atoms with Crippen LogP contribution in [0.2, 0.25) is 5.02 Å². The van der Waals surface area contributed by atoms with Crippen LogP contribution < -0.4 is 0 Å². The minimum Gasteiger partial charge on any atom is -0.392 e. The first-order valence-electron chi connectivity index (χ1n) is 6.28. The second-order valence-corrected chi connectivity index (χ2v) is 4.87. The smallest absolute Gasteiger partial charge is 0.392 e. The molecule has 0 atom stereocenters. The van der Waals surface area contributed by atoms with E-state index in [1.807, 2.05) is 6.92 Å². The summed E-state index contributed by atoms with van der Waals surface area (Å²) < 4.78 is 39.2. The molecule has 1 N–H and O–H groups in total. The summed E-state index contributed by atoms with van der Waals surface area (Å²) in [5.41, 5.74) is 0.381. The minimum atomic E-state index is -4.50. The Hall–Kier alpha value is -1.60. The summed E-state index contributed by atoms with van der Waals surface area (Å²) in [6.45, 7) is 1.74. The van der Waals surface area contributed by atoms with Crippen LogP contribution in [0.5, 0.6) is 0 Å². The van der Waals surface area contributed by atoms with Crippen molar-refractivity contribution in [2.24, 2.45) is 0 Å².